The highest BCUT2D eigenvalue weighted by Crippen LogP contribution is 2.34. The molecule has 1 aliphatic heterocycles. The fourth-order valence-electron chi connectivity index (χ4n) is 2.78. The van der Waals surface area contributed by atoms with Crippen LogP contribution in [0.4, 0.5) is 4.79 Å². The topological polar surface area (TPSA) is 78.5 Å². The van der Waals surface area contributed by atoms with Crippen molar-refractivity contribution in [3.63, 3.8) is 0 Å². The maximum absolute atomic E-state index is 12.2. The van der Waals surface area contributed by atoms with Crippen LogP contribution >= 0.6 is 0 Å². The van der Waals surface area contributed by atoms with E-state index in [4.69, 9.17) is 0 Å². The summed E-state index contributed by atoms with van der Waals surface area (Å²) in [6, 6.07) is -0.174. The maximum atomic E-state index is 12.2. The molecule has 0 radical (unpaired) electrons. The third-order valence-corrected chi connectivity index (χ3v) is 3.95. The second-order valence-corrected chi connectivity index (χ2v) is 5.45. The summed E-state index contributed by atoms with van der Waals surface area (Å²) < 4.78 is 0. The van der Waals surface area contributed by atoms with E-state index >= 15 is 0 Å². The van der Waals surface area contributed by atoms with E-state index in [-0.39, 0.29) is 24.4 Å². The van der Waals surface area contributed by atoms with Crippen LogP contribution in [0.2, 0.25) is 0 Å². The Morgan fingerprint density at radius 1 is 1.33 bits per heavy atom. The van der Waals surface area contributed by atoms with E-state index in [2.05, 4.69) is 10.6 Å². The van der Waals surface area contributed by atoms with E-state index < -0.39 is 11.6 Å². The lowest BCUT2D eigenvalue weighted by Gasteiger charge is -2.19. The van der Waals surface area contributed by atoms with Crippen LogP contribution in [-0.4, -0.2) is 40.9 Å². The van der Waals surface area contributed by atoms with Crippen molar-refractivity contribution in [2.24, 2.45) is 0 Å². The molecule has 0 atom stereocenters. The van der Waals surface area contributed by atoms with Crippen LogP contribution in [0.1, 0.15) is 38.5 Å². The Labute approximate surface area is 105 Å². The normalized spacial score (nSPS) is 25.7. The minimum absolute atomic E-state index is 0.150. The highest BCUT2D eigenvalue weighted by molar-refractivity contribution is 6.09. The first-order valence-corrected chi connectivity index (χ1v) is 6.54. The molecule has 1 saturated heterocycles. The first kappa shape index (κ1) is 11.5. The lowest BCUT2D eigenvalue weighted by atomic mass is 9.98. The summed E-state index contributed by atoms with van der Waals surface area (Å²) >= 11 is 0. The van der Waals surface area contributed by atoms with Crippen LogP contribution in [-0.2, 0) is 9.59 Å². The summed E-state index contributed by atoms with van der Waals surface area (Å²) in [6.07, 6.45) is 5.28. The molecule has 6 nitrogen and oxygen atoms in total. The van der Waals surface area contributed by atoms with Crippen molar-refractivity contribution in [1.29, 1.82) is 0 Å². The van der Waals surface area contributed by atoms with Crippen molar-refractivity contribution >= 4 is 17.8 Å². The zero-order valence-corrected chi connectivity index (χ0v) is 10.2. The summed E-state index contributed by atoms with van der Waals surface area (Å²) in [5.41, 5.74) is -0.711. The fraction of sp³-hybridized carbons (Fsp3) is 0.750. The first-order valence-electron chi connectivity index (χ1n) is 6.54. The van der Waals surface area contributed by atoms with Crippen LogP contribution < -0.4 is 10.6 Å². The lowest BCUT2D eigenvalue weighted by Crippen LogP contribution is -2.45. The number of amides is 4. The summed E-state index contributed by atoms with van der Waals surface area (Å²) in [5, 5.41) is 5.55. The standard InChI is InChI=1S/C12H17N3O3/c16-9(13-8-3-4-8)7-15-10(17)12(14-11(15)18)5-1-2-6-12/h8H,1-7H2,(H,13,16)(H,14,18). The van der Waals surface area contributed by atoms with Crippen molar-refractivity contribution in [2.75, 3.05) is 6.54 Å². The predicted octanol–water partition coefficient (Wildman–Crippen LogP) is 0.130. The molecule has 0 aromatic carbocycles. The van der Waals surface area contributed by atoms with Crippen LogP contribution in [0.15, 0.2) is 0 Å². The Kier molecular flexibility index (Phi) is 2.53. The maximum Gasteiger partial charge on any atom is 0.325 e. The van der Waals surface area contributed by atoms with E-state index in [1.165, 1.54) is 0 Å². The minimum atomic E-state index is -0.711. The van der Waals surface area contributed by atoms with E-state index in [9.17, 15) is 14.4 Å². The Bertz CT molecular complexity index is 411. The van der Waals surface area contributed by atoms with Gasteiger partial charge in [-0.3, -0.25) is 14.5 Å². The van der Waals surface area contributed by atoms with Crippen LogP contribution in [0.25, 0.3) is 0 Å². The number of carbonyl (C=O) groups is 3. The molecule has 0 aromatic rings. The van der Waals surface area contributed by atoms with Gasteiger partial charge in [-0.2, -0.15) is 0 Å². The zero-order valence-electron chi connectivity index (χ0n) is 10.2. The first-order chi connectivity index (χ1) is 8.61. The third kappa shape index (κ3) is 1.85. The molecule has 6 heteroatoms. The molecule has 0 bridgehead atoms. The molecule has 2 saturated carbocycles. The number of hydrogen-bond donors (Lipinski definition) is 2. The monoisotopic (exact) mass is 251 g/mol. The SMILES string of the molecule is O=C(CN1C(=O)NC2(CCCC2)C1=O)NC1CC1. The van der Waals surface area contributed by atoms with Crippen molar-refractivity contribution in [1.82, 2.24) is 15.5 Å². The molecule has 3 fully saturated rings. The quantitative estimate of drug-likeness (QED) is 0.700. The van der Waals surface area contributed by atoms with Gasteiger partial charge in [0.05, 0.1) is 0 Å². The van der Waals surface area contributed by atoms with Crippen molar-refractivity contribution in [2.45, 2.75) is 50.1 Å². The van der Waals surface area contributed by atoms with Gasteiger partial charge in [0.25, 0.3) is 5.91 Å². The molecule has 2 N–H and O–H groups in total. The second kappa shape index (κ2) is 3.96. The number of nitrogens with zero attached hydrogens (tertiary/aromatic N) is 1. The van der Waals surface area contributed by atoms with E-state index in [0.29, 0.717) is 12.8 Å². The van der Waals surface area contributed by atoms with Gasteiger partial charge in [0.15, 0.2) is 0 Å². The molecule has 0 aromatic heterocycles. The average molecular weight is 251 g/mol. The number of rotatable bonds is 3. The van der Waals surface area contributed by atoms with Crippen LogP contribution in [0.3, 0.4) is 0 Å². The molecule has 2 aliphatic carbocycles. The smallest absolute Gasteiger partial charge is 0.325 e. The molecule has 1 spiro atoms. The fourth-order valence-corrected chi connectivity index (χ4v) is 2.78. The molecule has 18 heavy (non-hydrogen) atoms. The van der Waals surface area contributed by atoms with Gasteiger partial charge in [-0.1, -0.05) is 12.8 Å². The van der Waals surface area contributed by atoms with E-state index in [0.717, 1.165) is 30.6 Å². The molecular weight excluding hydrogens is 234 g/mol. The number of nitrogens with one attached hydrogen (secondary N) is 2. The summed E-state index contributed by atoms with van der Waals surface area (Å²) in [7, 11) is 0. The number of imide groups is 1. The second-order valence-electron chi connectivity index (χ2n) is 5.45. The van der Waals surface area contributed by atoms with Crippen molar-refractivity contribution in [3.05, 3.63) is 0 Å². The summed E-state index contributed by atoms with van der Waals surface area (Å²) in [6.45, 7) is -0.150. The molecule has 3 rings (SSSR count). The van der Waals surface area contributed by atoms with Gasteiger partial charge >= 0.3 is 6.03 Å². The van der Waals surface area contributed by atoms with Crippen molar-refractivity contribution in [3.8, 4) is 0 Å². The average Bonchev–Trinajstić information content (AvgIpc) is 2.95. The summed E-state index contributed by atoms with van der Waals surface area (Å²) in [5.74, 6) is -0.466. The van der Waals surface area contributed by atoms with E-state index in [1.54, 1.807) is 0 Å². The largest absolute Gasteiger partial charge is 0.352 e. The van der Waals surface area contributed by atoms with Gasteiger partial charge in [0.2, 0.25) is 5.91 Å². The van der Waals surface area contributed by atoms with Gasteiger partial charge in [0, 0.05) is 6.04 Å². The zero-order chi connectivity index (χ0) is 12.8. The molecule has 1 heterocycles. The van der Waals surface area contributed by atoms with E-state index in [1.807, 2.05) is 0 Å². The summed E-state index contributed by atoms with van der Waals surface area (Å²) in [4.78, 5) is 36.8. The Hall–Kier alpha value is -1.59. The van der Waals surface area contributed by atoms with Crippen LogP contribution in [0, 0.1) is 0 Å². The van der Waals surface area contributed by atoms with Crippen LogP contribution in [0.5, 0.6) is 0 Å². The Morgan fingerprint density at radius 2 is 2.00 bits per heavy atom. The molecule has 4 amide bonds. The van der Waals surface area contributed by atoms with Gasteiger partial charge < -0.3 is 10.6 Å². The molecule has 0 unspecified atom stereocenters. The number of hydrogen-bond acceptors (Lipinski definition) is 3. The van der Waals surface area contributed by atoms with Gasteiger partial charge in [-0.25, -0.2) is 4.79 Å². The third-order valence-electron chi connectivity index (χ3n) is 3.95. The Balaban J connectivity index is 1.66. The highest BCUT2D eigenvalue weighted by atomic mass is 16.2. The number of urea groups is 1. The minimum Gasteiger partial charge on any atom is -0.352 e. The number of carbonyl (C=O) groups excluding carboxylic acids is 3. The van der Waals surface area contributed by atoms with Gasteiger partial charge in [-0.15, -0.1) is 0 Å². The van der Waals surface area contributed by atoms with Gasteiger partial charge in [-0.05, 0) is 25.7 Å². The van der Waals surface area contributed by atoms with Crippen molar-refractivity contribution < 1.29 is 14.4 Å². The highest BCUT2D eigenvalue weighted by Gasteiger charge is 2.52. The van der Waals surface area contributed by atoms with Gasteiger partial charge in [0.1, 0.15) is 12.1 Å². The lowest BCUT2D eigenvalue weighted by molar-refractivity contribution is -0.134. The predicted molar refractivity (Wildman–Crippen MR) is 62.6 cm³/mol. The molecule has 98 valence electrons. The molecule has 3 aliphatic rings. The molecular formula is C12H17N3O3. The Morgan fingerprint density at radius 3 is 2.61 bits per heavy atom.